The SMILES string of the molecule is COc1cc(C(=O)NC2CNCCC2C)ccc1OCC(C)C.Cl. The van der Waals surface area contributed by atoms with Gasteiger partial charge in [-0.15, -0.1) is 12.4 Å². The van der Waals surface area contributed by atoms with Gasteiger partial charge in [0.25, 0.3) is 5.91 Å². The van der Waals surface area contributed by atoms with Crippen molar-refractivity contribution in [2.75, 3.05) is 26.8 Å². The molecular weight excluding hydrogens is 328 g/mol. The molecule has 0 radical (unpaired) electrons. The molecule has 136 valence electrons. The summed E-state index contributed by atoms with van der Waals surface area (Å²) in [4.78, 5) is 12.5. The topological polar surface area (TPSA) is 59.6 Å². The van der Waals surface area contributed by atoms with Crippen LogP contribution in [0.2, 0.25) is 0 Å². The smallest absolute Gasteiger partial charge is 0.251 e. The van der Waals surface area contributed by atoms with Crippen LogP contribution in [0.4, 0.5) is 0 Å². The fourth-order valence-electron chi connectivity index (χ4n) is 2.62. The van der Waals surface area contributed by atoms with Gasteiger partial charge in [0.1, 0.15) is 0 Å². The molecule has 6 heteroatoms. The molecule has 1 heterocycles. The number of nitrogens with one attached hydrogen (secondary N) is 2. The van der Waals surface area contributed by atoms with Crippen LogP contribution in [0.5, 0.6) is 11.5 Å². The van der Waals surface area contributed by atoms with Crippen LogP contribution >= 0.6 is 12.4 Å². The third-order valence-electron chi connectivity index (χ3n) is 4.14. The highest BCUT2D eigenvalue weighted by atomic mass is 35.5. The van der Waals surface area contributed by atoms with Crippen molar-refractivity contribution in [3.05, 3.63) is 23.8 Å². The van der Waals surface area contributed by atoms with Gasteiger partial charge < -0.3 is 20.1 Å². The molecule has 2 N–H and O–H groups in total. The first-order valence-corrected chi connectivity index (χ1v) is 8.33. The number of piperidine rings is 1. The molecule has 1 fully saturated rings. The number of halogens is 1. The molecular formula is C18H29ClN2O3. The van der Waals surface area contributed by atoms with Gasteiger partial charge in [0.05, 0.1) is 13.7 Å². The van der Waals surface area contributed by atoms with Gasteiger partial charge in [0, 0.05) is 18.2 Å². The van der Waals surface area contributed by atoms with E-state index >= 15 is 0 Å². The minimum atomic E-state index is -0.0701. The van der Waals surface area contributed by atoms with Crippen LogP contribution < -0.4 is 20.1 Å². The van der Waals surface area contributed by atoms with Gasteiger partial charge in [0.2, 0.25) is 0 Å². The highest BCUT2D eigenvalue weighted by molar-refractivity contribution is 5.95. The van der Waals surface area contributed by atoms with E-state index in [0.29, 0.717) is 35.5 Å². The van der Waals surface area contributed by atoms with Crippen LogP contribution in [-0.4, -0.2) is 38.8 Å². The minimum Gasteiger partial charge on any atom is -0.493 e. The third-order valence-corrected chi connectivity index (χ3v) is 4.14. The monoisotopic (exact) mass is 356 g/mol. The van der Waals surface area contributed by atoms with E-state index in [1.165, 1.54) is 0 Å². The highest BCUT2D eigenvalue weighted by Crippen LogP contribution is 2.28. The summed E-state index contributed by atoms with van der Waals surface area (Å²) in [6.45, 7) is 8.81. The summed E-state index contributed by atoms with van der Waals surface area (Å²) in [6.07, 6.45) is 1.08. The molecule has 0 aliphatic carbocycles. The molecule has 0 saturated carbocycles. The molecule has 2 atom stereocenters. The van der Waals surface area contributed by atoms with Gasteiger partial charge >= 0.3 is 0 Å². The molecule has 0 bridgehead atoms. The summed E-state index contributed by atoms with van der Waals surface area (Å²) in [5, 5.41) is 6.43. The summed E-state index contributed by atoms with van der Waals surface area (Å²) in [5.74, 6) is 2.11. The van der Waals surface area contributed by atoms with Crippen LogP contribution in [0.25, 0.3) is 0 Å². The molecule has 2 rings (SSSR count). The first kappa shape index (κ1) is 20.6. The summed E-state index contributed by atoms with van der Waals surface area (Å²) in [6, 6.07) is 5.50. The molecule has 1 aliphatic rings. The van der Waals surface area contributed by atoms with Crippen LogP contribution in [0.3, 0.4) is 0 Å². The standard InChI is InChI=1S/C18H28N2O3.ClH/c1-12(2)11-23-16-6-5-14(9-17(16)22-4)18(21)20-15-10-19-8-7-13(15)3;/h5-6,9,12-13,15,19H,7-8,10-11H2,1-4H3,(H,20,21);1H. The zero-order valence-corrected chi connectivity index (χ0v) is 15.7. The number of methoxy groups -OCH3 is 1. The van der Waals surface area contributed by atoms with E-state index in [4.69, 9.17) is 9.47 Å². The zero-order chi connectivity index (χ0) is 16.8. The third kappa shape index (κ3) is 5.56. The lowest BCUT2D eigenvalue weighted by molar-refractivity contribution is 0.0915. The maximum Gasteiger partial charge on any atom is 0.251 e. The maximum absolute atomic E-state index is 12.5. The van der Waals surface area contributed by atoms with E-state index in [1.807, 2.05) is 0 Å². The van der Waals surface area contributed by atoms with Gasteiger partial charge in [-0.3, -0.25) is 4.79 Å². The van der Waals surface area contributed by atoms with Crippen molar-refractivity contribution in [2.45, 2.75) is 33.2 Å². The maximum atomic E-state index is 12.5. The van der Waals surface area contributed by atoms with E-state index < -0.39 is 0 Å². The lowest BCUT2D eigenvalue weighted by Crippen LogP contribution is -2.50. The fourth-order valence-corrected chi connectivity index (χ4v) is 2.62. The number of benzene rings is 1. The molecule has 24 heavy (non-hydrogen) atoms. The van der Waals surface area contributed by atoms with E-state index in [-0.39, 0.29) is 24.4 Å². The highest BCUT2D eigenvalue weighted by Gasteiger charge is 2.23. The van der Waals surface area contributed by atoms with Crippen molar-refractivity contribution in [3.8, 4) is 11.5 Å². The molecule has 1 aliphatic heterocycles. The Bertz CT molecular complexity index is 537. The van der Waals surface area contributed by atoms with E-state index in [2.05, 4.69) is 31.4 Å². The second kappa shape index (κ2) is 9.74. The average Bonchev–Trinajstić information content (AvgIpc) is 2.54. The number of rotatable bonds is 6. The summed E-state index contributed by atoms with van der Waals surface area (Å²) < 4.78 is 11.1. The number of hydrogen-bond acceptors (Lipinski definition) is 4. The zero-order valence-electron chi connectivity index (χ0n) is 14.9. The Kier molecular flexibility index (Phi) is 8.36. The summed E-state index contributed by atoms with van der Waals surface area (Å²) in [5.41, 5.74) is 0.594. The van der Waals surface area contributed by atoms with Crippen LogP contribution in [0, 0.1) is 11.8 Å². The van der Waals surface area contributed by atoms with Gasteiger partial charge in [-0.25, -0.2) is 0 Å². The second-order valence-corrected chi connectivity index (χ2v) is 6.62. The lowest BCUT2D eigenvalue weighted by Gasteiger charge is -2.30. The molecule has 1 saturated heterocycles. The average molecular weight is 357 g/mol. The molecule has 5 nitrogen and oxygen atoms in total. The van der Waals surface area contributed by atoms with Gasteiger partial charge in [-0.05, 0) is 43.0 Å². The number of carbonyl (C=O) groups excluding carboxylic acids is 1. The minimum absolute atomic E-state index is 0. The second-order valence-electron chi connectivity index (χ2n) is 6.62. The van der Waals surface area contributed by atoms with Crippen LogP contribution in [0.15, 0.2) is 18.2 Å². The van der Waals surface area contributed by atoms with Crippen molar-refractivity contribution < 1.29 is 14.3 Å². The molecule has 0 aromatic heterocycles. The quantitative estimate of drug-likeness (QED) is 0.822. The number of amides is 1. The van der Waals surface area contributed by atoms with Crippen LogP contribution in [0.1, 0.15) is 37.6 Å². The first-order valence-electron chi connectivity index (χ1n) is 8.33. The van der Waals surface area contributed by atoms with Crippen molar-refractivity contribution in [1.82, 2.24) is 10.6 Å². The number of hydrogen-bond donors (Lipinski definition) is 2. The molecule has 1 aromatic carbocycles. The normalized spacial score (nSPS) is 20.2. The van der Waals surface area contributed by atoms with Crippen molar-refractivity contribution in [1.29, 1.82) is 0 Å². The lowest BCUT2D eigenvalue weighted by atomic mass is 9.94. The molecule has 1 aromatic rings. The predicted octanol–water partition coefficient (Wildman–Crippen LogP) is 2.88. The largest absolute Gasteiger partial charge is 0.493 e. The van der Waals surface area contributed by atoms with E-state index in [9.17, 15) is 4.79 Å². The Morgan fingerprint density at radius 3 is 2.75 bits per heavy atom. The Morgan fingerprint density at radius 2 is 2.12 bits per heavy atom. The number of ether oxygens (including phenoxy) is 2. The van der Waals surface area contributed by atoms with Crippen molar-refractivity contribution in [3.63, 3.8) is 0 Å². The van der Waals surface area contributed by atoms with E-state index in [1.54, 1.807) is 25.3 Å². The summed E-state index contributed by atoms with van der Waals surface area (Å²) >= 11 is 0. The molecule has 1 amide bonds. The number of carbonyl (C=O) groups is 1. The Morgan fingerprint density at radius 1 is 1.38 bits per heavy atom. The summed E-state index contributed by atoms with van der Waals surface area (Å²) in [7, 11) is 1.59. The Balaban J connectivity index is 0.00000288. The van der Waals surface area contributed by atoms with Crippen molar-refractivity contribution >= 4 is 18.3 Å². The fraction of sp³-hybridized carbons (Fsp3) is 0.611. The van der Waals surface area contributed by atoms with Gasteiger partial charge in [-0.1, -0.05) is 20.8 Å². The van der Waals surface area contributed by atoms with Gasteiger partial charge in [-0.2, -0.15) is 0 Å². The first-order chi connectivity index (χ1) is 11.0. The Labute approximate surface area is 150 Å². The van der Waals surface area contributed by atoms with Gasteiger partial charge in [0.15, 0.2) is 11.5 Å². The van der Waals surface area contributed by atoms with Crippen molar-refractivity contribution in [2.24, 2.45) is 11.8 Å². The Hall–Kier alpha value is -1.46. The molecule has 0 spiro atoms. The molecule has 2 unspecified atom stereocenters. The van der Waals surface area contributed by atoms with Crippen LogP contribution in [-0.2, 0) is 0 Å². The van der Waals surface area contributed by atoms with E-state index in [0.717, 1.165) is 19.5 Å². The predicted molar refractivity (Wildman–Crippen MR) is 98.5 cm³/mol.